The summed E-state index contributed by atoms with van der Waals surface area (Å²) in [5, 5.41) is 4.57. The summed E-state index contributed by atoms with van der Waals surface area (Å²) in [6.07, 6.45) is 1.65. The molecule has 0 saturated carbocycles. The van der Waals surface area contributed by atoms with Crippen molar-refractivity contribution in [1.29, 1.82) is 0 Å². The number of likely N-dealkylation sites (tertiary alicyclic amines) is 1. The molecule has 2 heterocycles. The van der Waals surface area contributed by atoms with Crippen LogP contribution >= 0.6 is 0 Å². The maximum absolute atomic E-state index is 13.0. The average Bonchev–Trinajstić information content (AvgIpc) is 3.27. The first kappa shape index (κ1) is 19.2. The van der Waals surface area contributed by atoms with Crippen molar-refractivity contribution in [2.24, 2.45) is 5.73 Å². The molecule has 7 heteroatoms. The number of benzene rings is 1. The van der Waals surface area contributed by atoms with Gasteiger partial charge in [0.2, 0.25) is 0 Å². The molecule has 0 bridgehead atoms. The van der Waals surface area contributed by atoms with Crippen LogP contribution in [-0.2, 0) is 0 Å². The van der Waals surface area contributed by atoms with Crippen LogP contribution in [0.15, 0.2) is 24.3 Å². The number of hydrogen-bond acceptors (Lipinski definition) is 5. The first-order valence-corrected chi connectivity index (χ1v) is 9.36. The number of nitrogens with zero attached hydrogens (tertiary/aromatic N) is 3. The van der Waals surface area contributed by atoms with Gasteiger partial charge in [-0.2, -0.15) is 5.10 Å². The highest BCUT2D eigenvalue weighted by molar-refractivity contribution is 5.95. The summed E-state index contributed by atoms with van der Waals surface area (Å²) in [4.78, 5) is 14.9. The van der Waals surface area contributed by atoms with E-state index >= 15 is 0 Å². The Balaban J connectivity index is 1.72. The molecule has 1 aliphatic heterocycles. The molecule has 0 aliphatic carbocycles. The van der Waals surface area contributed by atoms with E-state index in [0.29, 0.717) is 36.8 Å². The highest BCUT2D eigenvalue weighted by atomic mass is 16.5. The third-order valence-corrected chi connectivity index (χ3v) is 4.86. The maximum Gasteiger partial charge on any atom is 0.254 e. The van der Waals surface area contributed by atoms with E-state index in [9.17, 15) is 4.79 Å². The minimum Gasteiger partial charge on any atom is -0.493 e. The largest absolute Gasteiger partial charge is 0.493 e. The molecule has 0 spiro atoms. The Bertz CT molecular complexity index is 803. The number of amides is 1. The number of methoxy groups -OCH3 is 1. The molecule has 1 aromatic carbocycles. The number of aryl methyl sites for hydroxylation is 2. The Morgan fingerprint density at radius 1 is 1.30 bits per heavy atom. The van der Waals surface area contributed by atoms with Crippen molar-refractivity contribution in [2.75, 3.05) is 33.4 Å². The molecule has 1 amide bonds. The number of carbonyl (C=O) groups is 1. The van der Waals surface area contributed by atoms with Crippen LogP contribution in [0.5, 0.6) is 11.5 Å². The van der Waals surface area contributed by atoms with Crippen LogP contribution in [0.1, 0.15) is 40.6 Å². The van der Waals surface area contributed by atoms with Gasteiger partial charge in [0.15, 0.2) is 11.5 Å². The van der Waals surface area contributed by atoms with Crippen LogP contribution in [0.25, 0.3) is 0 Å². The molecule has 3 rings (SSSR count). The first-order valence-electron chi connectivity index (χ1n) is 9.36. The van der Waals surface area contributed by atoms with E-state index < -0.39 is 0 Å². The van der Waals surface area contributed by atoms with Crippen LogP contribution in [0.4, 0.5) is 0 Å². The zero-order valence-electron chi connectivity index (χ0n) is 16.3. The summed E-state index contributed by atoms with van der Waals surface area (Å²) in [6, 6.07) is 7.61. The highest BCUT2D eigenvalue weighted by Gasteiger charge is 2.29. The van der Waals surface area contributed by atoms with Gasteiger partial charge in [0.25, 0.3) is 5.91 Å². The fourth-order valence-corrected chi connectivity index (χ4v) is 3.51. The van der Waals surface area contributed by atoms with Crippen molar-refractivity contribution in [3.63, 3.8) is 0 Å². The predicted molar refractivity (Wildman–Crippen MR) is 103 cm³/mol. The molecule has 1 aromatic heterocycles. The predicted octanol–water partition coefficient (Wildman–Crippen LogP) is 2.32. The SMILES string of the molecule is COc1ccc(C(=O)N2CC[C@H](n3nc(C)cc3C)C2)cc1OCCCN. The number of aromatic nitrogens is 2. The fourth-order valence-electron chi connectivity index (χ4n) is 3.51. The van der Waals surface area contributed by atoms with Gasteiger partial charge in [-0.15, -0.1) is 0 Å². The molecule has 146 valence electrons. The molecular formula is C20H28N4O3. The molecule has 0 unspecified atom stereocenters. The molecule has 1 atom stereocenters. The molecule has 7 nitrogen and oxygen atoms in total. The zero-order chi connectivity index (χ0) is 19.4. The maximum atomic E-state index is 13.0. The van der Waals surface area contributed by atoms with Gasteiger partial charge < -0.3 is 20.1 Å². The van der Waals surface area contributed by atoms with Gasteiger partial charge in [-0.1, -0.05) is 0 Å². The quantitative estimate of drug-likeness (QED) is 0.754. The number of ether oxygens (including phenoxy) is 2. The fraction of sp³-hybridized carbons (Fsp3) is 0.500. The Labute approximate surface area is 160 Å². The smallest absolute Gasteiger partial charge is 0.254 e. The van der Waals surface area contributed by atoms with Crippen molar-refractivity contribution in [3.05, 3.63) is 41.2 Å². The lowest BCUT2D eigenvalue weighted by Gasteiger charge is -2.18. The molecule has 0 radical (unpaired) electrons. The van der Waals surface area contributed by atoms with E-state index in [1.165, 1.54) is 0 Å². The summed E-state index contributed by atoms with van der Waals surface area (Å²) in [7, 11) is 1.59. The third-order valence-electron chi connectivity index (χ3n) is 4.86. The Hall–Kier alpha value is -2.54. The van der Waals surface area contributed by atoms with Gasteiger partial charge in [-0.3, -0.25) is 9.48 Å². The van der Waals surface area contributed by atoms with E-state index in [2.05, 4.69) is 18.1 Å². The summed E-state index contributed by atoms with van der Waals surface area (Å²) in [6.45, 7) is 6.48. The van der Waals surface area contributed by atoms with Crippen molar-refractivity contribution >= 4 is 5.91 Å². The molecule has 1 fully saturated rings. The molecule has 2 N–H and O–H groups in total. The third kappa shape index (κ3) is 4.24. The number of carbonyl (C=O) groups excluding carboxylic acids is 1. The molecule has 1 aliphatic rings. The Morgan fingerprint density at radius 3 is 2.78 bits per heavy atom. The standard InChI is InChI=1S/C20H28N4O3/c1-14-11-15(2)24(22-14)17-7-9-23(13-17)20(25)16-5-6-18(26-3)19(12-16)27-10-4-8-21/h5-6,11-12,17H,4,7-10,13,21H2,1-3H3/t17-/m0/s1. The van der Waals surface area contributed by atoms with Gasteiger partial charge >= 0.3 is 0 Å². The lowest BCUT2D eigenvalue weighted by molar-refractivity contribution is 0.0786. The number of nitrogens with two attached hydrogens (primary N) is 1. The topological polar surface area (TPSA) is 82.6 Å². The summed E-state index contributed by atoms with van der Waals surface area (Å²) in [5.74, 6) is 1.20. The lowest BCUT2D eigenvalue weighted by Crippen LogP contribution is -2.29. The van der Waals surface area contributed by atoms with Gasteiger partial charge in [-0.25, -0.2) is 0 Å². The number of hydrogen-bond donors (Lipinski definition) is 1. The van der Waals surface area contributed by atoms with Crippen molar-refractivity contribution in [2.45, 2.75) is 32.7 Å². The van der Waals surface area contributed by atoms with Crippen LogP contribution in [0, 0.1) is 13.8 Å². The lowest BCUT2D eigenvalue weighted by atomic mass is 10.1. The Kier molecular flexibility index (Phi) is 6.01. The zero-order valence-corrected chi connectivity index (χ0v) is 16.3. The van der Waals surface area contributed by atoms with Crippen LogP contribution < -0.4 is 15.2 Å². The van der Waals surface area contributed by atoms with Crippen molar-refractivity contribution < 1.29 is 14.3 Å². The van der Waals surface area contributed by atoms with Crippen molar-refractivity contribution in [1.82, 2.24) is 14.7 Å². The Morgan fingerprint density at radius 2 is 2.11 bits per heavy atom. The van der Waals surface area contributed by atoms with E-state index in [0.717, 1.165) is 30.8 Å². The molecule has 27 heavy (non-hydrogen) atoms. The summed E-state index contributed by atoms with van der Waals surface area (Å²) in [5.41, 5.74) is 8.26. The molecule has 1 saturated heterocycles. The average molecular weight is 372 g/mol. The second kappa shape index (κ2) is 8.43. The van der Waals surface area contributed by atoms with Crippen LogP contribution in [0.3, 0.4) is 0 Å². The second-order valence-electron chi connectivity index (χ2n) is 6.92. The summed E-state index contributed by atoms with van der Waals surface area (Å²) >= 11 is 0. The number of rotatable bonds is 7. The van der Waals surface area contributed by atoms with E-state index in [1.807, 2.05) is 16.5 Å². The van der Waals surface area contributed by atoms with Crippen LogP contribution in [-0.4, -0.2) is 53.9 Å². The second-order valence-corrected chi connectivity index (χ2v) is 6.92. The minimum absolute atomic E-state index is 0.00496. The highest BCUT2D eigenvalue weighted by Crippen LogP contribution is 2.30. The van der Waals surface area contributed by atoms with E-state index in [4.69, 9.17) is 15.2 Å². The normalized spacial score (nSPS) is 16.6. The van der Waals surface area contributed by atoms with E-state index in [-0.39, 0.29) is 11.9 Å². The first-order chi connectivity index (χ1) is 13.0. The van der Waals surface area contributed by atoms with E-state index in [1.54, 1.807) is 25.3 Å². The van der Waals surface area contributed by atoms with Gasteiger partial charge in [0.05, 0.1) is 25.5 Å². The van der Waals surface area contributed by atoms with Gasteiger partial charge in [-0.05, 0) is 57.5 Å². The molecule has 2 aromatic rings. The minimum atomic E-state index is 0.00496. The monoisotopic (exact) mass is 372 g/mol. The van der Waals surface area contributed by atoms with Gasteiger partial charge in [0.1, 0.15) is 0 Å². The van der Waals surface area contributed by atoms with Gasteiger partial charge in [0, 0.05) is 24.3 Å². The van der Waals surface area contributed by atoms with Crippen molar-refractivity contribution in [3.8, 4) is 11.5 Å². The van der Waals surface area contributed by atoms with Crippen LogP contribution in [0.2, 0.25) is 0 Å². The molecular weight excluding hydrogens is 344 g/mol. The summed E-state index contributed by atoms with van der Waals surface area (Å²) < 4.78 is 13.1.